The van der Waals surface area contributed by atoms with Gasteiger partial charge in [0, 0.05) is 44.4 Å². The molecule has 0 saturated heterocycles. The monoisotopic (exact) mass is 798 g/mol. The SMILES string of the molecule is CCCOCCC[N+](CCOC)(c1ccc(C(=C(CC)Cc2ccccc2)c2ccccc2)cc1)c1ccc(C(=C(CC)Cc2ccccc2)c2ccc(OC)cc2)cc1. The van der Waals surface area contributed by atoms with Crippen molar-refractivity contribution in [2.45, 2.75) is 59.3 Å². The predicted molar refractivity (Wildman–Crippen MR) is 254 cm³/mol. The molecule has 0 spiro atoms. The van der Waals surface area contributed by atoms with E-state index < -0.39 is 0 Å². The Labute approximate surface area is 360 Å². The third-order valence-corrected chi connectivity index (χ3v) is 11.7. The summed E-state index contributed by atoms with van der Waals surface area (Å²) < 4.78 is 18.2. The van der Waals surface area contributed by atoms with Crippen molar-refractivity contribution >= 4 is 22.5 Å². The van der Waals surface area contributed by atoms with Crippen LogP contribution in [0, 0.1) is 0 Å². The van der Waals surface area contributed by atoms with Crippen LogP contribution in [0.3, 0.4) is 0 Å². The van der Waals surface area contributed by atoms with Gasteiger partial charge in [0.1, 0.15) is 23.7 Å². The molecule has 6 aromatic carbocycles. The van der Waals surface area contributed by atoms with Crippen LogP contribution in [0.1, 0.15) is 79.8 Å². The van der Waals surface area contributed by atoms with Gasteiger partial charge < -0.3 is 14.2 Å². The van der Waals surface area contributed by atoms with Gasteiger partial charge in [-0.3, -0.25) is 4.48 Å². The molecule has 1 atom stereocenters. The molecular weight excluding hydrogens is 735 g/mol. The van der Waals surface area contributed by atoms with Crippen LogP contribution >= 0.6 is 0 Å². The summed E-state index contributed by atoms with van der Waals surface area (Å²) in [5.41, 5.74) is 15.5. The topological polar surface area (TPSA) is 27.7 Å². The maximum absolute atomic E-state index is 6.08. The number of ether oxygens (including phenoxy) is 3. The third-order valence-electron chi connectivity index (χ3n) is 11.7. The lowest BCUT2D eigenvalue weighted by Crippen LogP contribution is -2.47. The number of allylic oxidation sites excluding steroid dienone is 2. The molecular formula is C56H64NO3+. The number of quaternary nitrogens is 1. The summed E-state index contributed by atoms with van der Waals surface area (Å²) in [6.07, 6.45) is 5.66. The molecule has 0 radical (unpaired) electrons. The van der Waals surface area contributed by atoms with Gasteiger partial charge in [0.2, 0.25) is 0 Å². The molecule has 0 aliphatic rings. The number of rotatable bonds is 22. The Hall–Kier alpha value is -5.52. The summed E-state index contributed by atoms with van der Waals surface area (Å²) in [5.74, 6) is 0.859. The Morgan fingerprint density at radius 1 is 0.450 bits per heavy atom. The number of benzene rings is 6. The Balaban J connectivity index is 1.46. The minimum absolute atomic E-state index is 0.625. The summed E-state index contributed by atoms with van der Waals surface area (Å²) in [5, 5.41) is 0. The van der Waals surface area contributed by atoms with Crippen LogP contribution < -0.4 is 9.22 Å². The van der Waals surface area contributed by atoms with E-state index in [1.165, 1.54) is 67.0 Å². The molecule has 0 heterocycles. The van der Waals surface area contributed by atoms with E-state index in [1.54, 1.807) is 7.11 Å². The molecule has 0 amide bonds. The standard InChI is InChI=1S/C56H64NO3/c1-6-39-60-40-18-37-57(38-41-58-4,52-31-25-49(26-32-52)55(48-23-16-11-17-24-48)46(7-2)42-44-19-12-9-13-20-44)53-33-27-50(28-34-53)56(51-29-35-54(59-5)36-30-51)47(8-3)43-45-21-14-10-15-22-45/h9-17,19-36H,6-8,18,37-43H2,1-5H3/q+1. The van der Waals surface area contributed by atoms with E-state index in [-0.39, 0.29) is 0 Å². The van der Waals surface area contributed by atoms with Gasteiger partial charge in [-0.05, 0) is 113 Å². The van der Waals surface area contributed by atoms with Crippen LogP contribution in [0.4, 0.5) is 11.4 Å². The van der Waals surface area contributed by atoms with E-state index in [4.69, 9.17) is 14.2 Å². The van der Waals surface area contributed by atoms with E-state index >= 15 is 0 Å². The van der Waals surface area contributed by atoms with E-state index in [0.717, 1.165) is 70.6 Å². The normalized spacial score (nSPS) is 13.3. The highest BCUT2D eigenvalue weighted by atomic mass is 16.5. The Kier molecular flexibility index (Phi) is 16.7. The van der Waals surface area contributed by atoms with E-state index in [2.05, 4.69) is 185 Å². The maximum Gasteiger partial charge on any atom is 0.138 e. The largest absolute Gasteiger partial charge is 0.497 e. The van der Waals surface area contributed by atoms with Crippen molar-refractivity contribution < 1.29 is 14.2 Å². The van der Waals surface area contributed by atoms with Crippen LogP contribution in [0.5, 0.6) is 5.75 Å². The molecule has 4 heteroatoms. The van der Waals surface area contributed by atoms with Gasteiger partial charge in [-0.15, -0.1) is 0 Å². The summed E-state index contributed by atoms with van der Waals surface area (Å²) >= 11 is 0. The lowest BCUT2D eigenvalue weighted by atomic mass is 9.88. The van der Waals surface area contributed by atoms with Crippen LogP contribution in [0.2, 0.25) is 0 Å². The minimum atomic E-state index is 0.625. The Bertz CT molecular complexity index is 2230. The van der Waals surface area contributed by atoms with Gasteiger partial charge in [0.15, 0.2) is 0 Å². The van der Waals surface area contributed by atoms with Crippen molar-refractivity contribution in [3.05, 3.63) is 208 Å². The van der Waals surface area contributed by atoms with E-state index in [1.807, 2.05) is 7.11 Å². The molecule has 0 aliphatic carbocycles. The smallest absolute Gasteiger partial charge is 0.138 e. The fraction of sp³-hybridized carbons (Fsp3) is 0.286. The molecule has 0 saturated carbocycles. The van der Waals surface area contributed by atoms with Crippen molar-refractivity contribution in [3.63, 3.8) is 0 Å². The first-order valence-electron chi connectivity index (χ1n) is 21.9. The first-order chi connectivity index (χ1) is 29.5. The summed E-state index contributed by atoms with van der Waals surface area (Å²) in [7, 11) is 3.54. The van der Waals surface area contributed by atoms with Gasteiger partial charge in [-0.2, -0.15) is 0 Å². The van der Waals surface area contributed by atoms with Gasteiger partial charge >= 0.3 is 0 Å². The fourth-order valence-corrected chi connectivity index (χ4v) is 8.51. The van der Waals surface area contributed by atoms with Crippen molar-refractivity contribution in [1.82, 2.24) is 4.48 Å². The molecule has 60 heavy (non-hydrogen) atoms. The zero-order valence-electron chi connectivity index (χ0n) is 36.5. The highest BCUT2D eigenvalue weighted by molar-refractivity contribution is 5.84. The molecule has 4 nitrogen and oxygen atoms in total. The van der Waals surface area contributed by atoms with Crippen LogP contribution in [0.15, 0.2) is 175 Å². The van der Waals surface area contributed by atoms with E-state index in [0.29, 0.717) is 11.1 Å². The van der Waals surface area contributed by atoms with Crippen LogP contribution in [-0.2, 0) is 22.3 Å². The molecule has 0 fully saturated rings. The first-order valence-corrected chi connectivity index (χ1v) is 21.9. The van der Waals surface area contributed by atoms with Crippen molar-refractivity contribution in [3.8, 4) is 5.75 Å². The van der Waals surface area contributed by atoms with E-state index in [9.17, 15) is 0 Å². The maximum atomic E-state index is 6.08. The first kappa shape index (κ1) is 44.0. The van der Waals surface area contributed by atoms with Crippen molar-refractivity contribution in [2.24, 2.45) is 0 Å². The van der Waals surface area contributed by atoms with Gasteiger partial charge in [0.25, 0.3) is 0 Å². The van der Waals surface area contributed by atoms with Crippen molar-refractivity contribution in [2.75, 3.05) is 47.1 Å². The number of methoxy groups -OCH3 is 2. The molecule has 0 bridgehead atoms. The zero-order chi connectivity index (χ0) is 42.0. The second-order valence-corrected chi connectivity index (χ2v) is 15.6. The van der Waals surface area contributed by atoms with Crippen LogP contribution in [0.25, 0.3) is 11.1 Å². The molecule has 0 N–H and O–H groups in total. The van der Waals surface area contributed by atoms with Gasteiger partial charge in [-0.25, -0.2) is 0 Å². The average molecular weight is 799 g/mol. The highest BCUT2D eigenvalue weighted by Gasteiger charge is 2.33. The molecule has 0 aromatic heterocycles. The second-order valence-electron chi connectivity index (χ2n) is 15.6. The van der Waals surface area contributed by atoms with Crippen LogP contribution in [-0.4, -0.2) is 47.1 Å². The van der Waals surface area contributed by atoms with Gasteiger partial charge in [-0.1, -0.05) is 135 Å². The van der Waals surface area contributed by atoms with Crippen molar-refractivity contribution in [1.29, 1.82) is 0 Å². The van der Waals surface area contributed by atoms with Gasteiger partial charge in [0.05, 0.1) is 26.9 Å². The Morgan fingerprint density at radius 3 is 1.30 bits per heavy atom. The average Bonchev–Trinajstić information content (AvgIpc) is 3.31. The fourth-order valence-electron chi connectivity index (χ4n) is 8.51. The Morgan fingerprint density at radius 2 is 0.883 bits per heavy atom. The predicted octanol–water partition coefficient (Wildman–Crippen LogP) is 13.7. The summed E-state index contributed by atoms with van der Waals surface area (Å²) in [4.78, 5) is 0. The number of hydrogen-bond acceptors (Lipinski definition) is 3. The molecule has 0 aliphatic heterocycles. The number of hydrogen-bond donors (Lipinski definition) is 0. The zero-order valence-corrected chi connectivity index (χ0v) is 36.5. The number of nitrogens with zero attached hydrogens (tertiary/aromatic N) is 1. The summed E-state index contributed by atoms with van der Waals surface area (Å²) in [6, 6.07) is 59.9. The minimum Gasteiger partial charge on any atom is -0.497 e. The lowest BCUT2D eigenvalue weighted by molar-refractivity contribution is 0.121. The molecule has 6 rings (SSSR count). The summed E-state index contributed by atoms with van der Waals surface area (Å²) in [6.45, 7) is 10.5. The molecule has 6 aromatic rings. The highest BCUT2D eigenvalue weighted by Crippen LogP contribution is 2.40. The lowest BCUT2D eigenvalue weighted by Gasteiger charge is -2.38. The third kappa shape index (κ3) is 11.2. The molecule has 1 unspecified atom stereocenters. The second kappa shape index (κ2) is 22.7. The quantitative estimate of drug-likeness (QED) is 0.0506. The molecule has 310 valence electrons.